The highest BCUT2D eigenvalue weighted by Crippen LogP contribution is 2.42. The van der Waals surface area contributed by atoms with E-state index in [-0.39, 0.29) is 17.1 Å². The number of hydrogen-bond acceptors (Lipinski definition) is 3. The van der Waals surface area contributed by atoms with Gasteiger partial charge in [-0.2, -0.15) is 0 Å². The van der Waals surface area contributed by atoms with Crippen molar-refractivity contribution in [1.82, 2.24) is 0 Å². The molecule has 0 aromatic heterocycles. The highest BCUT2D eigenvalue weighted by Gasteiger charge is 2.38. The zero-order valence-corrected chi connectivity index (χ0v) is 12.0. The minimum absolute atomic E-state index is 0.0719. The second kappa shape index (κ2) is 4.22. The summed E-state index contributed by atoms with van der Waals surface area (Å²) in [5, 5.41) is 0. The molecule has 2 aliphatic heterocycles. The third-order valence-corrected chi connectivity index (χ3v) is 4.59. The first-order chi connectivity index (χ1) is 8.92. The van der Waals surface area contributed by atoms with Gasteiger partial charge < -0.3 is 15.2 Å². The molecule has 1 saturated heterocycles. The van der Waals surface area contributed by atoms with Crippen LogP contribution in [-0.4, -0.2) is 18.8 Å². The third-order valence-electron chi connectivity index (χ3n) is 4.59. The smallest absolute Gasteiger partial charge is 0.123 e. The molecule has 1 aromatic rings. The van der Waals surface area contributed by atoms with Gasteiger partial charge in [-0.05, 0) is 37.5 Å². The van der Waals surface area contributed by atoms with Gasteiger partial charge in [-0.1, -0.05) is 19.9 Å². The lowest BCUT2D eigenvalue weighted by Gasteiger charge is -2.31. The van der Waals surface area contributed by atoms with Crippen molar-refractivity contribution >= 4 is 0 Å². The summed E-state index contributed by atoms with van der Waals surface area (Å²) < 4.78 is 11.6. The first-order valence-electron chi connectivity index (χ1n) is 7.09. The Morgan fingerprint density at radius 2 is 2.05 bits per heavy atom. The van der Waals surface area contributed by atoms with Gasteiger partial charge in [0.1, 0.15) is 5.75 Å². The molecule has 0 saturated carbocycles. The van der Waals surface area contributed by atoms with Gasteiger partial charge in [0.15, 0.2) is 0 Å². The first kappa shape index (κ1) is 12.9. The fourth-order valence-electron chi connectivity index (χ4n) is 3.13. The molecule has 2 aliphatic rings. The number of fused-ring (bicyclic) bond motifs is 1. The van der Waals surface area contributed by atoms with Crippen LogP contribution in [0.1, 0.15) is 50.8 Å². The molecule has 1 aromatic carbocycles. The maximum absolute atomic E-state index is 6.45. The zero-order valence-electron chi connectivity index (χ0n) is 12.0. The van der Waals surface area contributed by atoms with Gasteiger partial charge >= 0.3 is 0 Å². The minimum atomic E-state index is -0.224. The van der Waals surface area contributed by atoms with Crippen LogP contribution < -0.4 is 10.5 Å². The van der Waals surface area contributed by atoms with Gasteiger partial charge in [-0.25, -0.2) is 0 Å². The zero-order chi connectivity index (χ0) is 13.7. The van der Waals surface area contributed by atoms with Gasteiger partial charge in [0.05, 0.1) is 18.2 Å². The van der Waals surface area contributed by atoms with Crippen LogP contribution >= 0.6 is 0 Å². The van der Waals surface area contributed by atoms with Crippen molar-refractivity contribution in [2.45, 2.75) is 50.7 Å². The topological polar surface area (TPSA) is 44.5 Å². The van der Waals surface area contributed by atoms with E-state index in [1.54, 1.807) is 0 Å². The van der Waals surface area contributed by atoms with E-state index in [1.807, 2.05) is 0 Å². The Balaban J connectivity index is 1.94. The average Bonchev–Trinajstić information content (AvgIpc) is 2.94. The lowest BCUT2D eigenvalue weighted by Crippen LogP contribution is -2.37. The Bertz CT molecular complexity index is 490. The molecule has 2 N–H and O–H groups in total. The molecule has 3 nitrogen and oxygen atoms in total. The van der Waals surface area contributed by atoms with Crippen LogP contribution in [0.4, 0.5) is 0 Å². The van der Waals surface area contributed by atoms with E-state index < -0.39 is 0 Å². The fourth-order valence-corrected chi connectivity index (χ4v) is 3.13. The summed E-state index contributed by atoms with van der Waals surface area (Å²) in [6, 6.07) is 6.27. The predicted molar refractivity (Wildman–Crippen MR) is 75.5 cm³/mol. The molecule has 0 spiro atoms. The lowest BCUT2D eigenvalue weighted by atomic mass is 9.82. The van der Waals surface area contributed by atoms with Crippen LogP contribution in [0.5, 0.6) is 5.75 Å². The van der Waals surface area contributed by atoms with Crippen LogP contribution in [0.2, 0.25) is 0 Å². The number of rotatable bonds is 2. The molecule has 0 aliphatic carbocycles. The van der Waals surface area contributed by atoms with Gasteiger partial charge in [-0.15, -0.1) is 0 Å². The van der Waals surface area contributed by atoms with E-state index in [0.29, 0.717) is 0 Å². The molecule has 104 valence electrons. The van der Waals surface area contributed by atoms with E-state index in [4.69, 9.17) is 15.2 Å². The summed E-state index contributed by atoms with van der Waals surface area (Å²) in [6.07, 6.45) is 2.13. The molecule has 2 unspecified atom stereocenters. The van der Waals surface area contributed by atoms with E-state index in [2.05, 4.69) is 39.0 Å². The molecule has 1 fully saturated rings. The Labute approximate surface area is 115 Å². The predicted octanol–water partition coefficient (Wildman–Crippen LogP) is 2.93. The van der Waals surface area contributed by atoms with Crippen LogP contribution in [-0.2, 0) is 10.2 Å². The highest BCUT2D eigenvalue weighted by atomic mass is 16.5. The molecule has 0 bridgehead atoms. The highest BCUT2D eigenvalue weighted by molar-refractivity contribution is 5.46. The van der Waals surface area contributed by atoms with Crippen molar-refractivity contribution < 1.29 is 9.47 Å². The lowest BCUT2D eigenvalue weighted by molar-refractivity contribution is -0.00176. The Hall–Kier alpha value is -1.06. The summed E-state index contributed by atoms with van der Waals surface area (Å²) in [4.78, 5) is 0. The maximum atomic E-state index is 6.45. The average molecular weight is 261 g/mol. The summed E-state index contributed by atoms with van der Waals surface area (Å²) in [6.45, 7) is 8.11. The summed E-state index contributed by atoms with van der Waals surface area (Å²) in [5.74, 6) is 0.999. The van der Waals surface area contributed by atoms with Crippen molar-refractivity contribution in [2.24, 2.45) is 5.73 Å². The minimum Gasteiger partial charge on any atom is -0.492 e. The van der Waals surface area contributed by atoms with Crippen LogP contribution in [0.15, 0.2) is 18.2 Å². The molecule has 0 radical (unpaired) electrons. The van der Waals surface area contributed by atoms with Gasteiger partial charge in [0.25, 0.3) is 0 Å². The SMILES string of the molecule is CC1(C)COc2ccc(C(N)C3(C)CCCO3)cc21. The van der Waals surface area contributed by atoms with E-state index in [9.17, 15) is 0 Å². The third kappa shape index (κ3) is 2.05. The van der Waals surface area contributed by atoms with Crippen LogP contribution in [0.25, 0.3) is 0 Å². The van der Waals surface area contributed by atoms with Crippen molar-refractivity contribution in [3.8, 4) is 5.75 Å². The quantitative estimate of drug-likeness (QED) is 0.890. The van der Waals surface area contributed by atoms with E-state index in [1.165, 1.54) is 5.56 Å². The Morgan fingerprint density at radius 1 is 1.26 bits per heavy atom. The Kier molecular flexibility index (Phi) is 2.88. The van der Waals surface area contributed by atoms with E-state index >= 15 is 0 Å². The largest absolute Gasteiger partial charge is 0.492 e. The first-order valence-corrected chi connectivity index (χ1v) is 7.09. The van der Waals surface area contributed by atoms with Gasteiger partial charge in [-0.3, -0.25) is 0 Å². The molecule has 19 heavy (non-hydrogen) atoms. The molecular formula is C16H23NO2. The molecule has 3 rings (SSSR count). The van der Waals surface area contributed by atoms with Crippen molar-refractivity contribution in [3.05, 3.63) is 29.3 Å². The summed E-state index contributed by atoms with van der Waals surface area (Å²) in [7, 11) is 0. The monoisotopic (exact) mass is 261 g/mol. The number of benzene rings is 1. The van der Waals surface area contributed by atoms with Crippen molar-refractivity contribution in [1.29, 1.82) is 0 Å². The standard InChI is InChI=1S/C16H23NO2/c1-15(2)10-18-13-6-5-11(9-12(13)15)14(17)16(3)7-4-8-19-16/h5-6,9,14H,4,7-8,10,17H2,1-3H3. The fraction of sp³-hybridized carbons (Fsp3) is 0.625. The second-order valence-electron chi connectivity index (χ2n) is 6.67. The van der Waals surface area contributed by atoms with Crippen LogP contribution in [0, 0.1) is 0 Å². The number of nitrogens with two attached hydrogens (primary N) is 1. The van der Waals surface area contributed by atoms with Gasteiger partial charge in [0.2, 0.25) is 0 Å². The summed E-state index contributed by atoms with van der Waals surface area (Å²) >= 11 is 0. The van der Waals surface area contributed by atoms with E-state index in [0.717, 1.165) is 37.4 Å². The number of hydrogen-bond donors (Lipinski definition) is 1. The molecule has 2 atom stereocenters. The molecule has 3 heteroatoms. The van der Waals surface area contributed by atoms with Crippen LogP contribution in [0.3, 0.4) is 0 Å². The number of ether oxygens (including phenoxy) is 2. The molecule has 2 heterocycles. The summed E-state index contributed by atoms with van der Waals surface area (Å²) in [5.41, 5.74) is 8.72. The maximum Gasteiger partial charge on any atom is 0.123 e. The Morgan fingerprint density at radius 3 is 2.74 bits per heavy atom. The van der Waals surface area contributed by atoms with Gasteiger partial charge in [0, 0.05) is 17.6 Å². The molecular weight excluding hydrogens is 238 g/mol. The van der Waals surface area contributed by atoms with Crippen molar-refractivity contribution in [3.63, 3.8) is 0 Å². The molecule has 0 amide bonds. The normalized spacial score (nSPS) is 29.9. The van der Waals surface area contributed by atoms with Crippen molar-refractivity contribution in [2.75, 3.05) is 13.2 Å². The second-order valence-corrected chi connectivity index (χ2v) is 6.67.